The molecule has 0 fully saturated rings. The highest BCUT2D eigenvalue weighted by molar-refractivity contribution is 6.73. The molecule has 7 heteroatoms. The first-order valence-corrected chi connectivity index (χ1v) is 3.17. The summed E-state index contributed by atoms with van der Waals surface area (Å²) >= 11 is 0. The predicted molar refractivity (Wildman–Crippen MR) is 35.0 cm³/mol. The van der Waals surface area contributed by atoms with Crippen LogP contribution in [-0.2, 0) is 0 Å². The molecule has 1 aromatic carbocycles. The van der Waals surface area contributed by atoms with E-state index in [4.69, 9.17) is 0 Å². The minimum Gasteiger partial charge on any atom is -0.445 e. The fraction of sp³-hybridized carbons (Fsp3) is 0. The van der Waals surface area contributed by atoms with Gasteiger partial charge in [-0.1, -0.05) is 0 Å². The van der Waals surface area contributed by atoms with Crippen molar-refractivity contribution in [2.45, 2.75) is 0 Å². The molecule has 1 aromatic rings. The Labute approximate surface area is 69.2 Å². The maximum absolute atomic E-state index is 12.4. The van der Waals surface area contributed by atoms with Gasteiger partial charge in [-0.05, 0) is 17.6 Å². The largest absolute Gasteiger partial charge is 0.515 e. The highest BCUT2D eigenvalue weighted by Gasteiger charge is 2.33. The molecule has 0 atom stereocenters. The van der Waals surface area contributed by atoms with Crippen LogP contribution in [0.2, 0.25) is 0 Å². The second-order valence-corrected chi connectivity index (χ2v) is 2.33. The maximum Gasteiger partial charge on any atom is 0.515 e. The van der Waals surface area contributed by atoms with Crippen LogP contribution in [0, 0.1) is 17.5 Å². The van der Waals surface area contributed by atoms with Crippen molar-refractivity contribution in [3.63, 3.8) is 0 Å². The van der Waals surface area contributed by atoms with Gasteiger partial charge in [0.1, 0.15) is 5.82 Å². The highest BCUT2D eigenvalue weighted by atomic mass is 19.4. The van der Waals surface area contributed by atoms with Crippen LogP contribution in [0.25, 0.3) is 0 Å². The summed E-state index contributed by atoms with van der Waals surface area (Å²) in [4.78, 5) is 0. The van der Waals surface area contributed by atoms with Gasteiger partial charge in [0.2, 0.25) is 0 Å². The van der Waals surface area contributed by atoms with Crippen molar-refractivity contribution in [1.82, 2.24) is 0 Å². The van der Waals surface area contributed by atoms with Gasteiger partial charge < -0.3 is 12.9 Å². The average Bonchev–Trinajstić information content (AvgIpc) is 1.95. The Hall–Kier alpha value is -1.14. The SMILES string of the molecule is Fc1ccc(F)c([B-](F)(F)F)c1F. The van der Waals surface area contributed by atoms with Crippen molar-refractivity contribution >= 4 is 12.4 Å². The fourth-order valence-corrected chi connectivity index (χ4v) is 0.843. The average molecular weight is 199 g/mol. The minimum atomic E-state index is -5.86. The Kier molecular flexibility index (Phi) is 2.27. The molecule has 0 radical (unpaired) electrons. The topological polar surface area (TPSA) is 0 Å². The van der Waals surface area contributed by atoms with Gasteiger partial charge in [-0.3, -0.25) is 0 Å². The normalized spacial score (nSPS) is 11.8. The Morgan fingerprint density at radius 3 is 1.69 bits per heavy atom. The van der Waals surface area contributed by atoms with E-state index >= 15 is 0 Å². The smallest absolute Gasteiger partial charge is 0.445 e. The van der Waals surface area contributed by atoms with E-state index in [0.29, 0.717) is 6.07 Å². The molecule has 0 aliphatic rings. The molecule has 0 heterocycles. The fourth-order valence-electron chi connectivity index (χ4n) is 0.843. The van der Waals surface area contributed by atoms with Gasteiger partial charge in [0.05, 0.1) is 5.82 Å². The van der Waals surface area contributed by atoms with Crippen LogP contribution < -0.4 is 5.46 Å². The number of halogens is 6. The summed E-state index contributed by atoms with van der Waals surface area (Å²) in [6.45, 7) is -5.86. The lowest BCUT2D eigenvalue weighted by Crippen LogP contribution is -2.40. The Bertz CT molecular complexity index is 331. The van der Waals surface area contributed by atoms with Gasteiger partial charge >= 0.3 is 6.98 Å². The van der Waals surface area contributed by atoms with Crippen molar-refractivity contribution in [2.24, 2.45) is 0 Å². The first-order chi connectivity index (χ1) is 5.84. The zero-order valence-corrected chi connectivity index (χ0v) is 6.00. The second-order valence-electron chi connectivity index (χ2n) is 2.33. The molecule has 0 unspecified atom stereocenters. The van der Waals surface area contributed by atoms with Crippen molar-refractivity contribution in [1.29, 1.82) is 0 Å². The zero-order chi connectivity index (χ0) is 10.2. The standard InChI is InChI=1S/C6H2BF6/c8-3-1-2-4(9)6(10)5(3)7(11,12)13/h1-2H/q-1. The van der Waals surface area contributed by atoms with E-state index in [-0.39, 0.29) is 6.07 Å². The van der Waals surface area contributed by atoms with E-state index in [0.717, 1.165) is 0 Å². The van der Waals surface area contributed by atoms with Crippen LogP contribution in [-0.4, -0.2) is 6.98 Å². The molecule has 1 rings (SSSR count). The molecule has 0 N–H and O–H groups in total. The van der Waals surface area contributed by atoms with Gasteiger partial charge in [0.15, 0.2) is 5.82 Å². The first kappa shape index (κ1) is 9.95. The zero-order valence-electron chi connectivity index (χ0n) is 6.00. The van der Waals surface area contributed by atoms with E-state index < -0.39 is 29.9 Å². The lowest BCUT2D eigenvalue weighted by molar-refractivity contribution is 0.465. The summed E-state index contributed by atoms with van der Waals surface area (Å²) in [6.07, 6.45) is 0. The molecule has 0 aromatic heterocycles. The molecular formula is C6H2BF6-. The summed E-state index contributed by atoms with van der Waals surface area (Å²) in [7, 11) is 0. The summed E-state index contributed by atoms with van der Waals surface area (Å²) < 4.78 is 72.8. The minimum absolute atomic E-state index is 0.239. The van der Waals surface area contributed by atoms with Crippen LogP contribution in [0.15, 0.2) is 12.1 Å². The highest BCUT2D eigenvalue weighted by Crippen LogP contribution is 2.15. The van der Waals surface area contributed by atoms with Gasteiger partial charge in [-0.25, -0.2) is 13.2 Å². The van der Waals surface area contributed by atoms with Gasteiger partial charge in [-0.2, -0.15) is 0 Å². The van der Waals surface area contributed by atoms with E-state index in [1.807, 2.05) is 0 Å². The molecule has 0 aliphatic heterocycles. The molecule has 0 aliphatic carbocycles. The van der Waals surface area contributed by atoms with Crippen molar-refractivity contribution in [3.8, 4) is 0 Å². The van der Waals surface area contributed by atoms with Crippen molar-refractivity contribution < 1.29 is 26.1 Å². The Morgan fingerprint density at radius 2 is 1.31 bits per heavy atom. The molecule has 0 nitrogen and oxygen atoms in total. The van der Waals surface area contributed by atoms with Gasteiger partial charge in [0.25, 0.3) is 0 Å². The van der Waals surface area contributed by atoms with Crippen LogP contribution in [0.4, 0.5) is 26.1 Å². The Morgan fingerprint density at radius 1 is 0.846 bits per heavy atom. The lowest BCUT2D eigenvalue weighted by atomic mass is 9.79. The molecule has 0 bridgehead atoms. The number of hydrogen-bond acceptors (Lipinski definition) is 0. The van der Waals surface area contributed by atoms with Crippen LogP contribution in [0.3, 0.4) is 0 Å². The van der Waals surface area contributed by atoms with Gasteiger partial charge in [0, 0.05) is 0 Å². The van der Waals surface area contributed by atoms with Crippen molar-refractivity contribution in [2.75, 3.05) is 0 Å². The van der Waals surface area contributed by atoms with Gasteiger partial charge in [-0.15, -0.1) is 0 Å². The van der Waals surface area contributed by atoms with Crippen LogP contribution in [0.1, 0.15) is 0 Å². The summed E-state index contributed by atoms with van der Waals surface area (Å²) in [6, 6.07) is 0.541. The third kappa shape index (κ3) is 1.79. The second kappa shape index (κ2) is 2.97. The van der Waals surface area contributed by atoms with E-state index in [2.05, 4.69) is 0 Å². The number of benzene rings is 1. The monoisotopic (exact) mass is 199 g/mol. The summed E-state index contributed by atoms with van der Waals surface area (Å²) in [5, 5.41) is 0. The molecular weight excluding hydrogens is 197 g/mol. The van der Waals surface area contributed by atoms with E-state index in [9.17, 15) is 26.1 Å². The molecule has 0 spiro atoms. The summed E-state index contributed by atoms with van der Waals surface area (Å²) in [5.41, 5.74) is -2.14. The van der Waals surface area contributed by atoms with E-state index in [1.165, 1.54) is 0 Å². The quantitative estimate of drug-likeness (QED) is 0.369. The maximum atomic E-state index is 12.4. The molecule has 72 valence electrons. The third-order valence-corrected chi connectivity index (χ3v) is 1.41. The van der Waals surface area contributed by atoms with E-state index in [1.54, 1.807) is 0 Å². The number of rotatable bonds is 1. The Balaban J connectivity index is 3.43. The first-order valence-electron chi connectivity index (χ1n) is 3.17. The number of hydrogen-bond donors (Lipinski definition) is 0. The van der Waals surface area contributed by atoms with Crippen LogP contribution >= 0.6 is 0 Å². The third-order valence-electron chi connectivity index (χ3n) is 1.41. The lowest BCUT2D eigenvalue weighted by Gasteiger charge is -2.16. The summed E-state index contributed by atoms with van der Waals surface area (Å²) in [5.74, 6) is -5.70. The molecule has 13 heavy (non-hydrogen) atoms. The predicted octanol–water partition coefficient (Wildman–Crippen LogP) is 2.16. The molecule has 0 amide bonds. The molecule has 0 saturated carbocycles. The van der Waals surface area contributed by atoms with Crippen molar-refractivity contribution in [3.05, 3.63) is 29.6 Å². The van der Waals surface area contributed by atoms with Crippen LogP contribution in [0.5, 0.6) is 0 Å². The molecule has 0 saturated heterocycles.